The van der Waals surface area contributed by atoms with Gasteiger partial charge in [-0.05, 0) is 0 Å². The van der Waals surface area contributed by atoms with E-state index in [2.05, 4.69) is 24.8 Å². The van der Waals surface area contributed by atoms with E-state index < -0.39 is 0 Å². The predicted octanol–water partition coefficient (Wildman–Crippen LogP) is -2.30. The fourth-order valence-corrected chi connectivity index (χ4v) is 0. The molecule has 0 bridgehead atoms. The van der Waals surface area contributed by atoms with Gasteiger partial charge < -0.3 is 29.6 Å². The normalized spacial score (nSPS) is 4.14. The van der Waals surface area contributed by atoms with Gasteiger partial charge in [0.25, 0.3) is 0 Å². The summed E-state index contributed by atoms with van der Waals surface area (Å²) in [5, 5.41) is 0. The minimum Gasteiger partial charge on any atom is -0.433 e. The first-order chi connectivity index (χ1) is 2.73. The molecule has 0 aromatic carbocycles. The summed E-state index contributed by atoms with van der Waals surface area (Å²) >= 11 is 8.70. The molecule has 0 aliphatic rings. The number of hydrogen-bond acceptors (Lipinski definition) is 3. The van der Waals surface area contributed by atoms with E-state index in [1.807, 2.05) is 6.79 Å². The topological polar surface area (TPSA) is 17.1 Å². The molecule has 0 aromatic rings. The standard InChI is InChI=1S/C2H4S2.CH2O.K/c1-2(3)4;1-2;/h1H3,(H,3,4);1H2;/q;;+1/p-1. The van der Waals surface area contributed by atoms with Gasteiger partial charge in [-0.1, -0.05) is 6.92 Å². The van der Waals surface area contributed by atoms with Crippen molar-refractivity contribution in [2.75, 3.05) is 0 Å². The molecule has 36 valence electrons. The molecule has 0 heterocycles. The van der Waals surface area contributed by atoms with Gasteiger partial charge >= 0.3 is 51.4 Å². The van der Waals surface area contributed by atoms with Crippen LogP contribution in [-0.2, 0) is 17.4 Å². The maximum Gasteiger partial charge on any atom is 1.00 e. The second kappa shape index (κ2) is 15.6. The van der Waals surface area contributed by atoms with Gasteiger partial charge in [0.1, 0.15) is 6.79 Å². The maximum atomic E-state index is 8.00. The average Bonchev–Trinajstić information content (AvgIpc) is 1.41. The minimum atomic E-state index is 0. The van der Waals surface area contributed by atoms with Crippen LogP contribution in [0.1, 0.15) is 6.92 Å². The first-order valence-corrected chi connectivity index (χ1v) is 2.01. The molecule has 4 heteroatoms. The van der Waals surface area contributed by atoms with Crippen molar-refractivity contribution in [2.24, 2.45) is 0 Å². The summed E-state index contributed by atoms with van der Waals surface area (Å²) in [6, 6.07) is 0. The molecule has 0 fully saturated rings. The third-order valence-electron chi connectivity index (χ3n) is 0. The van der Waals surface area contributed by atoms with E-state index in [4.69, 9.17) is 4.79 Å². The van der Waals surface area contributed by atoms with E-state index in [-0.39, 0.29) is 51.4 Å². The largest absolute Gasteiger partial charge is 1.00 e. The third kappa shape index (κ3) is 92.0. The second-order valence-electron chi connectivity index (χ2n) is 0.492. The molecule has 0 radical (unpaired) electrons. The van der Waals surface area contributed by atoms with Gasteiger partial charge in [0, 0.05) is 0 Å². The monoisotopic (exact) mass is 160 g/mol. The Labute approximate surface area is 97.1 Å². The first-order valence-electron chi connectivity index (χ1n) is 1.20. The second-order valence-corrected chi connectivity index (χ2v) is 1.97. The molecule has 7 heavy (non-hydrogen) atoms. The molecule has 0 spiro atoms. The molecule has 0 aromatic heterocycles. The molecule has 0 saturated heterocycles. The van der Waals surface area contributed by atoms with Gasteiger partial charge in [0.05, 0.1) is 0 Å². The molecule has 0 saturated carbocycles. The number of rotatable bonds is 0. The summed E-state index contributed by atoms with van der Waals surface area (Å²) in [6.07, 6.45) is 0. The average molecular weight is 160 g/mol. The Morgan fingerprint density at radius 1 is 1.71 bits per heavy atom. The SMILES string of the molecule is C=O.CC(=S)[S-].[K+]. The fraction of sp³-hybridized carbons (Fsp3) is 0.333. The smallest absolute Gasteiger partial charge is 0.433 e. The van der Waals surface area contributed by atoms with Crippen molar-refractivity contribution in [1.29, 1.82) is 0 Å². The molecular formula is C3H5KOS2. The van der Waals surface area contributed by atoms with Crippen molar-refractivity contribution >= 4 is 35.8 Å². The summed E-state index contributed by atoms with van der Waals surface area (Å²) < 4.78 is 0.583. The van der Waals surface area contributed by atoms with Crippen LogP contribution in [0.25, 0.3) is 0 Å². The molecular weight excluding hydrogens is 155 g/mol. The van der Waals surface area contributed by atoms with Crippen LogP contribution in [0.2, 0.25) is 0 Å². The number of thiocarbonyl (C=S) groups is 1. The Morgan fingerprint density at radius 2 is 1.71 bits per heavy atom. The third-order valence-corrected chi connectivity index (χ3v) is 0. The van der Waals surface area contributed by atoms with Crippen LogP contribution >= 0.6 is 12.2 Å². The van der Waals surface area contributed by atoms with Crippen molar-refractivity contribution in [2.45, 2.75) is 6.92 Å². The first kappa shape index (κ1) is 15.8. The molecule has 1 nitrogen and oxygen atoms in total. The fourth-order valence-electron chi connectivity index (χ4n) is 0. The number of carbonyl (C=O) groups is 1. The molecule has 0 aliphatic carbocycles. The number of hydrogen-bond donors (Lipinski definition) is 0. The van der Waals surface area contributed by atoms with E-state index in [1.165, 1.54) is 0 Å². The van der Waals surface area contributed by atoms with Crippen molar-refractivity contribution in [1.82, 2.24) is 0 Å². The van der Waals surface area contributed by atoms with Crippen LogP contribution < -0.4 is 51.4 Å². The van der Waals surface area contributed by atoms with Gasteiger partial charge in [-0.3, -0.25) is 0 Å². The molecule has 0 rings (SSSR count). The van der Waals surface area contributed by atoms with Gasteiger partial charge in [-0.2, -0.15) is 4.20 Å². The zero-order valence-corrected chi connectivity index (χ0v) is 9.19. The van der Waals surface area contributed by atoms with Gasteiger partial charge in [0.15, 0.2) is 0 Å². The minimum absolute atomic E-state index is 0. The molecule has 0 unspecified atom stereocenters. The zero-order chi connectivity index (χ0) is 5.58. The Hall–Kier alpha value is 1.62. The number of carbonyl (C=O) groups excluding carboxylic acids is 1. The van der Waals surface area contributed by atoms with E-state index in [0.717, 1.165) is 0 Å². The molecule has 0 atom stereocenters. The Balaban J connectivity index is -0.0000000480. The quantitative estimate of drug-likeness (QED) is 0.225. The summed E-state index contributed by atoms with van der Waals surface area (Å²) in [5.74, 6) is 0. The van der Waals surface area contributed by atoms with E-state index in [1.54, 1.807) is 6.92 Å². The van der Waals surface area contributed by atoms with Crippen LogP contribution in [-0.4, -0.2) is 11.0 Å². The molecule has 0 amide bonds. The summed E-state index contributed by atoms with van der Waals surface area (Å²) in [6.45, 7) is 3.71. The molecule has 0 aliphatic heterocycles. The Bertz CT molecular complexity index is 44.2. The van der Waals surface area contributed by atoms with Gasteiger partial charge in [-0.25, -0.2) is 0 Å². The Morgan fingerprint density at radius 3 is 1.71 bits per heavy atom. The van der Waals surface area contributed by atoms with E-state index in [9.17, 15) is 0 Å². The predicted molar refractivity (Wildman–Crippen MR) is 32.8 cm³/mol. The van der Waals surface area contributed by atoms with Crippen molar-refractivity contribution in [3.8, 4) is 0 Å². The molecule has 0 N–H and O–H groups in total. The van der Waals surface area contributed by atoms with Crippen molar-refractivity contribution < 1.29 is 56.2 Å². The summed E-state index contributed by atoms with van der Waals surface area (Å²) in [4.78, 5) is 8.00. The van der Waals surface area contributed by atoms with Crippen LogP contribution in [0.4, 0.5) is 0 Å². The summed E-state index contributed by atoms with van der Waals surface area (Å²) in [7, 11) is 0. The summed E-state index contributed by atoms with van der Waals surface area (Å²) in [5.41, 5.74) is 0. The van der Waals surface area contributed by atoms with Gasteiger partial charge in [0.2, 0.25) is 0 Å². The Kier molecular flexibility index (Phi) is 35.4. The van der Waals surface area contributed by atoms with Crippen LogP contribution in [0, 0.1) is 0 Å². The zero-order valence-electron chi connectivity index (χ0n) is 4.43. The van der Waals surface area contributed by atoms with E-state index >= 15 is 0 Å². The van der Waals surface area contributed by atoms with Gasteiger partial charge in [-0.15, -0.1) is 0 Å². The van der Waals surface area contributed by atoms with Crippen molar-refractivity contribution in [3.05, 3.63) is 0 Å². The van der Waals surface area contributed by atoms with Crippen LogP contribution in [0.5, 0.6) is 0 Å². The van der Waals surface area contributed by atoms with E-state index in [0.29, 0.717) is 4.20 Å². The van der Waals surface area contributed by atoms with Crippen molar-refractivity contribution in [3.63, 3.8) is 0 Å². The maximum absolute atomic E-state index is 8.00. The van der Waals surface area contributed by atoms with Crippen LogP contribution in [0.15, 0.2) is 0 Å². The van der Waals surface area contributed by atoms with Crippen LogP contribution in [0.3, 0.4) is 0 Å².